The molecule has 6 nitrogen and oxygen atoms in total. The number of hydrogen-bond donors (Lipinski definition) is 4. The highest BCUT2D eigenvalue weighted by Gasteiger charge is 2.19. The van der Waals surface area contributed by atoms with E-state index >= 15 is 0 Å². The van der Waals surface area contributed by atoms with Crippen LogP contribution in [-0.2, 0) is 13.1 Å². The molecule has 126 valence electrons. The molecule has 3 rings (SSSR count). The summed E-state index contributed by atoms with van der Waals surface area (Å²) in [5, 5.41) is 22.3. The minimum absolute atomic E-state index is 0.0381. The van der Waals surface area contributed by atoms with Crippen molar-refractivity contribution in [3.63, 3.8) is 0 Å². The van der Waals surface area contributed by atoms with Gasteiger partial charge in [0, 0.05) is 24.0 Å². The molecule has 0 saturated carbocycles. The van der Waals surface area contributed by atoms with Crippen molar-refractivity contribution < 1.29 is 14.8 Å². The average molecular weight is 335 g/mol. The maximum absolute atomic E-state index is 12.6. The zero-order chi connectivity index (χ0) is 17.8. The van der Waals surface area contributed by atoms with Gasteiger partial charge in [0.15, 0.2) is 0 Å². The summed E-state index contributed by atoms with van der Waals surface area (Å²) < 4.78 is 0. The summed E-state index contributed by atoms with van der Waals surface area (Å²) in [6.45, 7) is 0.833. The number of fused-ring (bicyclic) bond motifs is 1. The Morgan fingerprint density at radius 2 is 1.76 bits per heavy atom. The van der Waals surface area contributed by atoms with Gasteiger partial charge in [0.2, 0.25) is 0 Å². The Bertz CT molecular complexity index is 898. The first-order chi connectivity index (χ1) is 12.1. The van der Waals surface area contributed by atoms with E-state index in [0.717, 1.165) is 11.1 Å². The highest BCUT2D eigenvalue weighted by atomic mass is 16.4. The van der Waals surface area contributed by atoms with Crippen LogP contribution in [0, 0.1) is 0 Å². The number of benzene rings is 2. The second-order valence-electron chi connectivity index (χ2n) is 5.69. The molecule has 1 amide bonds. The van der Waals surface area contributed by atoms with Crippen molar-refractivity contribution in [1.29, 1.82) is 0 Å². The van der Waals surface area contributed by atoms with Gasteiger partial charge >= 0.3 is 7.12 Å². The van der Waals surface area contributed by atoms with E-state index in [9.17, 15) is 14.8 Å². The third-order valence-electron chi connectivity index (χ3n) is 3.96. The third-order valence-corrected chi connectivity index (χ3v) is 3.96. The van der Waals surface area contributed by atoms with E-state index in [4.69, 9.17) is 5.73 Å². The first kappa shape index (κ1) is 17.1. The number of pyridine rings is 1. The van der Waals surface area contributed by atoms with Crippen molar-refractivity contribution in [3.05, 3.63) is 71.3 Å². The number of carbonyl (C=O) groups is 1. The van der Waals surface area contributed by atoms with E-state index in [1.165, 1.54) is 6.07 Å². The van der Waals surface area contributed by atoms with Crippen LogP contribution >= 0.6 is 0 Å². The molecule has 1 heterocycles. The Balaban J connectivity index is 1.85. The Morgan fingerprint density at radius 3 is 2.44 bits per heavy atom. The summed E-state index contributed by atoms with van der Waals surface area (Å²) in [6.07, 6.45) is 0. The summed E-state index contributed by atoms with van der Waals surface area (Å²) in [6, 6.07) is 16.2. The number of hydrogen-bond acceptors (Lipinski definition) is 5. The molecule has 0 fully saturated rings. The van der Waals surface area contributed by atoms with Gasteiger partial charge in [0.05, 0.1) is 11.1 Å². The van der Waals surface area contributed by atoms with Gasteiger partial charge in [-0.1, -0.05) is 42.5 Å². The van der Waals surface area contributed by atoms with Gasteiger partial charge in [-0.25, -0.2) is 0 Å². The standard InChI is InChI=1S/C18H18BN3O3/c20-10-12-5-7-13(8-6-12)11-21-18(23)15-9-17(19(24)25)22-16-4-2-1-3-14(15)16/h1-9,24-25H,10-11,20H2,(H,21,23). The lowest BCUT2D eigenvalue weighted by Gasteiger charge is -2.10. The first-order valence-corrected chi connectivity index (χ1v) is 7.90. The van der Waals surface area contributed by atoms with Crippen molar-refractivity contribution in [1.82, 2.24) is 10.3 Å². The Hall–Kier alpha value is -2.74. The molecule has 25 heavy (non-hydrogen) atoms. The number of aromatic nitrogens is 1. The lowest BCUT2D eigenvalue weighted by molar-refractivity contribution is 0.0952. The fourth-order valence-electron chi connectivity index (χ4n) is 2.59. The van der Waals surface area contributed by atoms with E-state index in [1.54, 1.807) is 24.3 Å². The summed E-state index contributed by atoms with van der Waals surface area (Å²) >= 11 is 0. The van der Waals surface area contributed by atoms with Crippen LogP contribution in [0.15, 0.2) is 54.6 Å². The van der Waals surface area contributed by atoms with Crippen LogP contribution in [0.3, 0.4) is 0 Å². The lowest BCUT2D eigenvalue weighted by Crippen LogP contribution is -2.34. The van der Waals surface area contributed by atoms with E-state index < -0.39 is 7.12 Å². The average Bonchev–Trinajstić information content (AvgIpc) is 2.65. The minimum atomic E-state index is -1.74. The van der Waals surface area contributed by atoms with Crippen molar-refractivity contribution in [2.45, 2.75) is 13.1 Å². The molecule has 0 unspecified atom stereocenters. The van der Waals surface area contributed by atoms with Gasteiger partial charge in [0.25, 0.3) is 5.91 Å². The monoisotopic (exact) mass is 335 g/mol. The van der Waals surface area contributed by atoms with Gasteiger partial charge in [0.1, 0.15) is 0 Å². The number of nitrogens with zero attached hydrogens (tertiary/aromatic N) is 1. The molecule has 0 aliphatic carbocycles. The zero-order valence-electron chi connectivity index (χ0n) is 13.5. The van der Waals surface area contributed by atoms with Crippen molar-refractivity contribution >= 4 is 29.5 Å². The summed E-state index contributed by atoms with van der Waals surface area (Å²) in [5.41, 5.74) is 8.47. The molecule has 2 aromatic carbocycles. The van der Waals surface area contributed by atoms with E-state index in [1.807, 2.05) is 24.3 Å². The van der Waals surface area contributed by atoms with Gasteiger partial charge in [-0.15, -0.1) is 0 Å². The fraction of sp³-hybridized carbons (Fsp3) is 0.111. The number of nitrogens with one attached hydrogen (secondary N) is 1. The summed E-state index contributed by atoms with van der Waals surface area (Å²) in [7, 11) is -1.74. The fourth-order valence-corrected chi connectivity index (χ4v) is 2.59. The van der Waals surface area contributed by atoms with Crippen LogP contribution in [0.1, 0.15) is 21.5 Å². The van der Waals surface area contributed by atoms with Crippen molar-refractivity contribution in [2.24, 2.45) is 5.73 Å². The molecule has 0 aliphatic heterocycles. The van der Waals surface area contributed by atoms with E-state index in [-0.39, 0.29) is 11.5 Å². The molecule has 0 radical (unpaired) electrons. The molecule has 0 saturated heterocycles. The minimum Gasteiger partial charge on any atom is -0.422 e. The predicted molar refractivity (Wildman–Crippen MR) is 97.1 cm³/mol. The normalized spacial score (nSPS) is 10.7. The molecular weight excluding hydrogens is 317 g/mol. The third kappa shape index (κ3) is 3.85. The van der Waals surface area contributed by atoms with Crippen molar-refractivity contribution in [3.8, 4) is 0 Å². The van der Waals surface area contributed by atoms with Crippen LogP contribution in [0.2, 0.25) is 0 Å². The highest BCUT2D eigenvalue weighted by Crippen LogP contribution is 2.16. The lowest BCUT2D eigenvalue weighted by atomic mass is 9.84. The number of rotatable bonds is 5. The Morgan fingerprint density at radius 1 is 1.08 bits per heavy atom. The van der Waals surface area contributed by atoms with Crippen molar-refractivity contribution in [2.75, 3.05) is 0 Å². The molecule has 0 atom stereocenters. The molecule has 0 spiro atoms. The van der Waals surface area contributed by atoms with Crippen LogP contribution < -0.4 is 16.6 Å². The zero-order valence-corrected chi connectivity index (χ0v) is 13.5. The summed E-state index contributed by atoms with van der Waals surface area (Å²) in [5.74, 6) is -0.302. The van der Waals surface area contributed by atoms with Gasteiger partial charge in [-0.3, -0.25) is 9.78 Å². The molecule has 5 N–H and O–H groups in total. The van der Waals surface area contributed by atoms with E-state index in [0.29, 0.717) is 29.6 Å². The van der Waals surface area contributed by atoms with Crippen LogP contribution in [0.4, 0.5) is 0 Å². The molecular formula is C18H18BN3O3. The molecule has 0 bridgehead atoms. The second kappa shape index (κ2) is 7.44. The van der Waals surface area contributed by atoms with E-state index in [2.05, 4.69) is 10.3 Å². The highest BCUT2D eigenvalue weighted by molar-refractivity contribution is 6.57. The number of para-hydroxylation sites is 1. The quantitative estimate of drug-likeness (QED) is 0.502. The van der Waals surface area contributed by atoms with Gasteiger partial charge in [-0.2, -0.15) is 0 Å². The number of amides is 1. The van der Waals surface area contributed by atoms with Crippen LogP contribution in [-0.4, -0.2) is 28.1 Å². The Kier molecular flexibility index (Phi) is 5.09. The van der Waals surface area contributed by atoms with Gasteiger partial charge in [-0.05, 0) is 23.3 Å². The maximum atomic E-state index is 12.6. The largest absolute Gasteiger partial charge is 0.508 e. The first-order valence-electron chi connectivity index (χ1n) is 7.90. The maximum Gasteiger partial charge on any atom is 0.508 e. The summed E-state index contributed by atoms with van der Waals surface area (Å²) in [4.78, 5) is 16.8. The van der Waals surface area contributed by atoms with Gasteiger partial charge < -0.3 is 21.1 Å². The molecule has 7 heteroatoms. The van der Waals surface area contributed by atoms with Crippen LogP contribution in [0.25, 0.3) is 10.9 Å². The second-order valence-corrected chi connectivity index (χ2v) is 5.69. The molecule has 3 aromatic rings. The smallest absolute Gasteiger partial charge is 0.422 e. The number of nitrogens with two attached hydrogens (primary N) is 1. The number of carbonyl (C=O) groups excluding carboxylic acids is 1. The van der Waals surface area contributed by atoms with Crippen LogP contribution in [0.5, 0.6) is 0 Å². The topological polar surface area (TPSA) is 108 Å². The Labute approximate surface area is 145 Å². The SMILES string of the molecule is NCc1ccc(CNC(=O)c2cc(B(O)O)nc3ccccc23)cc1. The molecule has 0 aliphatic rings. The molecule has 1 aromatic heterocycles. The predicted octanol–water partition coefficient (Wildman–Crippen LogP) is 0.303.